The van der Waals surface area contributed by atoms with Crippen LogP contribution in [0.25, 0.3) is 10.9 Å². The van der Waals surface area contributed by atoms with Gasteiger partial charge in [-0.2, -0.15) is 0 Å². The van der Waals surface area contributed by atoms with Gasteiger partial charge in [-0.15, -0.1) is 0 Å². The number of hydrogen-bond donors (Lipinski definition) is 1. The van der Waals surface area contributed by atoms with Crippen LogP contribution in [0.2, 0.25) is 0 Å². The molecule has 0 bridgehead atoms. The zero-order chi connectivity index (χ0) is 25.0. The van der Waals surface area contributed by atoms with Crippen LogP contribution in [0.15, 0.2) is 72.8 Å². The second-order valence-electron chi connectivity index (χ2n) is 10.1. The number of rotatable bonds is 4. The highest BCUT2D eigenvalue weighted by Gasteiger charge is 2.56. The Hall–Kier alpha value is -3.93. The molecule has 0 spiro atoms. The normalized spacial score (nSPS) is 21.6. The third-order valence-corrected chi connectivity index (χ3v) is 7.86. The quantitative estimate of drug-likeness (QED) is 0.451. The summed E-state index contributed by atoms with van der Waals surface area (Å²) >= 11 is 0. The number of para-hydroxylation sites is 1. The summed E-state index contributed by atoms with van der Waals surface area (Å²) < 4.78 is 13.7. The number of piperazine rings is 1. The third kappa shape index (κ3) is 3.43. The fourth-order valence-electron chi connectivity index (χ4n) is 5.91. The maximum atomic E-state index is 14.1. The Bertz CT molecular complexity index is 1490. The van der Waals surface area contributed by atoms with Crippen LogP contribution in [0.1, 0.15) is 40.8 Å². The molecular formula is C30H28FN3O2. The number of nitrogens with one attached hydrogen (secondary N) is 1. The lowest BCUT2D eigenvalue weighted by atomic mass is 9.76. The van der Waals surface area contributed by atoms with E-state index >= 15 is 0 Å². The van der Waals surface area contributed by atoms with E-state index in [0.29, 0.717) is 19.5 Å². The highest BCUT2D eigenvalue weighted by Crippen LogP contribution is 2.48. The van der Waals surface area contributed by atoms with Gasteiger partial charge in [0.25, 0.3) is 5.91 Å². The molecule has 2 aliphatic heterocycles. The molecule has 3 aromatic carbocycles. The van der Waals surface area contributed by atoms with Crippen LogP contribution in [0.5, 0.6) is 0 Å². The van der Waals surface area contributed by atoms with Crippen molar-refractivity contribution >= 4 is 22.7 Å². The smallest absolute Gasteiger partial charge is 0.254 e. The van der Waals surface area contributed by atoms with Gasteiger partial charge in [0.2, 0.25) is 5.91 Å². The Balaban J connectivity index is 1.43. The summed E-state index contributed by atoms with van der Waals surface area (Å²) in [5.41, 5.74) is 4.80. The van der Waals surface area contributed by atoms with E-state index in [-0.39, 0.29) is 30.1 Å². The van der Waals surface area contributed by atoms with E-state index in [1.54, 1.807) is 15.9 Å². The standard InChI is InChI=1S/C30H28FN3O2/c1-19-10-12-21(13-11-19)24-17-34-26(35)18-33(15-14-20-6-5-7-22(31)16-20)29(36)30(34,2)28-27(24)23-8-3-4-9-25(23)32-28/h3-13,16,24,32H,14-15,17-18H2,1-2H3/t24-,30+/m1/s1. The van der Waals surface area contributed by atoms with E-state index in [4.69, 9.17) is 0 Å². The zero-order valence-electron chi connectivity index (χ0n) is 20.4. The molecule has 4 aromatic rings. The largest absolute Gasteiger partial charge is 0.356 e. The molecule has 0 saturated carbocycles. The first-order valence-corrected chi connectivity index (χ1v) is 12.4. The summed E-state index contributed by atoms with van der Waals surface area (Å²) in [5, 5.41) is 1.08. The Morgan fingerprint density at radius 1 is 1.03 bits per heavy atom. The number of aromatic amines is 1. The maximum absolute atomic E-state index is 14.1. The van der Waals surface area contributed by atoms with Gasteiger partial charge in [0.15, 0.2) is 5.54 Å². The molecule has 2 atom stereocenters. The molecule has 6 heteroatoms. The minimum Gasteiger partial charge on any atom is -0.356 e. The summed E-state index contributed by atoms with van der Waals surface area (Å²) in [4.78, 5) is 34.6. The summed E-state index contributed by atoms with van der Waals surface area (Å²) in [6, 6.07) is 22.9. The van der Waals surface area contributed by atoms with Crippen molar-refractivity contribution in [1.29, 1.82) is 0 Å². The van der Waals surface area contributed by atoms with E-state index < -0.39 is 5.54 Å². The summed E-state index contributed by atoms with van der Waals surface area (Å²) in [6.07, 6.45) is 0.485. The van der Waals surface area contributed by atoms with Crippen molar-refractivity contribution in [2.45, 2.75) is 31.7 Å². The predicted molar refractivity (Wildman–Crippen MR) is 137 cm³/mol. The molecule has 0 aliphatic carbocycles. The molecule has 1 saturated heterocycles. The number of amides is 2. The number of nitrogens with zero attached hydrogens (tertiary/aromatic N) is 2. The lowest BCUT2D eigenvalue weighted by Crippen LogP contribution is -2.67. The van der Waals surface area contributed by atoms with Crippen LogP contribution in [-0.4, -0.2) is 46.2 Å². The first kappa shape index (κ1) is 22.5. The lowest BCUT2D eigenvalue weighted by molar-refractivity contribution is -0.166. The molecule has 0 unspecified atom stereocenters. The molecule has 1 fully saturated rings. The van der Waals surface area contributed by atoms with Gasteiger partial charge in [-0.1, -0.05) is 60.2 Å². The number of fused-ring (bicyclic) bond motifs is 5. The van der Waals surface area contributed by atoms with Gasteiger partial charge in [-0.05, 0) is 55.2 Å². The van der Waals surface area contributed by atoms with E-state index in [2.05, 4.69) is 42.2 Å². The van der Waals surface area contributed by atoms with Crippen LogP contribution < -0.4 is 0 Å². The highest BCUT2D eigenvalue weighted by atomic mass is 19.1. The highest BCUT2D eigenvalue weighted by molar-refractivity contribution is 6.01. The molecule has 2 amide bonds. The van der Waals surface area contributed by atoms with Gasteiger partial charge in [0.05, 0.1) is 12.2 Å². The minimum absolute atomic E-state index is 0.0277. The average molecular weight is 482 g/mol. The molecule has 182 valence electrons. The Labute approximate surface area is 209 Å². The minimum atomic E-state index is -1.13. The van der Waals surface area contributed by atoms with Crippen LogP contribution in [0.4, 0.5) is 4.39 Å². The first-order chi connectivity index (χ1) is 17.4. The number of aryl methyl sites for hydroxylation is 1. The van der Waals surface area contributed by atoms with Crippen LogP contribution in [0, 0.1) is 12.7 Å². The second kappa shape index (κ2) is 8.33. The number of halogens is 1. The fourth-order valence-corrected chi connectivity index (χ4v) is 5.91. The van der Waals surface area contributed by atoms with Gasteiger partial charge >= 0.3 is 0 Å². The molecule has 3 heterocycles. The van der Waals surface area contributed by atoms with Crippen molar-refractivity contribution in [2.75, 3.05) is 19.6 Å². The topological polar surface area (TPSA) is 56.4 Å². The Morgan fingerprint density at radius 3 is 2.58 bits per heavy atom. The van der Waals surface area contributed by atoms with Crippen LogP contribution >= 0.6 is 0 Å². The van der Waals surface area contributed by atoms with Gasteiger partial charge < -0.3 is 14.8 Å². The van der Waals surface area contributed by atoms with E-state index in [1.807, 2.05) is 31.2 Å². The van der Waals surface area contributed by atoms with Crippen LogP contribution in [0.3, 0.4) is 0 Å². The van der Waals surface area contributed by atoms with E-state index in [9.17, 15) is 14.0 Å². The van der Waals surface area contributed by atoms with Crippen molar-refractivity contribution in [3.05, 3.63) is 107 Å². The third-order valence-electron chi connectivity index (χ3n) is 7.86. The monoisotopic (exact) mass is 481 g/mol. The SMILES string of the molecule is Cc1ccc([C@H]2CN3C(=O)CN(CCc4cccc(F)c4)C(=O)[C@]3(C)c3[nH]c4ccccc4c32)cc1. The number of benzene rings is 3. The van der Waals surface area contributed by atoms with Crippen molar-refractivity contribution in [1.82, 2.24) is 14.8 Å². The number of carbonyl (C=O) groups excluding carboxylic acids is 2. The van der Waals surface area contributed by atoms with E-state index in [1.165, 1.54) is 17.7 Å². The summed E-state index contributed by atoms with van der Waals surface area (Å²) in [5.74, 6) is -0.518. The Kier molecular flexibility index (Phi) is 5.21. The number of H-pyrrole nitrogens is 1. The molecule has 0 radical (unpaired) electrons. The van der Waals surface area contributed by atoms with E-state index in [0.717, 1.165) is 33.3 Å². The van der Waals surface area contributed by atoms with Gasteiger partial charge in [0.1, 0.15) is 5.82 Å². The maximum Gasteiger partial charge on any atom is 0.254 e. The molecular weight excluding hydrogens is 453 g/mol. The molecule has 1 aromatic heterocycles. The zero-order valence-corrected chi connectivity index (χ0v) is 20.4. The average Bonchev–Trinajstić information content (AvgIpc) is 3.27. The summed E-state index contributed by atoms with van der Waals surface area (Å²) in [7, 11) is 0. The molecule has 36 heavy (non-hydrogen) atoms. The number of aromatic nitrogens is 1. The Morgan fingerprint density at radius 2 is 1.81 bits per heavy atom. The van der Waals surface area contributed by atoms with Crippen molar-refractivity contribution in [3.8, 4) is 0 Å². The number of hydrogen-bond acceptors (Lipinski definition) is 2. The van der Waals surface area contributed by atoms with Crippen molar-refractivity contribution in [2.24, 2.45) is 0 Å². The molecule has 6 rings (SSSR count). The van der Waals surface area contributed by atoms with Gasteiger partial charge in [-0.3, -0.25) is 9.59 Å². The van der Waals surface area contributed by atoms with Crippen LogP contribution in [-0.2, 0) is 21.5 Å². The lowest BCUT2D eigenvalue weighted by Gasteiger charge is -2.51. The first-order valence-electron chi connectivity index (χ1n) is 12.4. The van der Waals surface area contributed by atoms with Crippen molar-refractivity contribution in [3.63, 3.8) is 0 Å². The molecule has 2 aliphatic rings. The van der Waals surface area contributed by atoms with Gasteiger partial charge in [0, 0.05) is 29.9 Å². The molecule has 1 N–H and O–H groups in total. The second-order valence-corrected chi connectivity index (χ2v) is 10.1. The predicted octanol–water partition coefficient (Wildman–Crippen LogP) is 4.89. The fraction of sp³-hybridized carbons (Fsp3) is 0.267. The van der Waals surface area contributed by atoms with Crippen molar-refractivity contribution < 1.29 is 14.0 Å². The number of carbonyl (C=O) groups is 2. The van der Waals surface area contributed by atoms with Gasteiger partial charge in [-0.25, -0.2) is 4.39 Å². The summed E-state index contributed by atoms with van der Waals surface area (Å²) in [6.45, 7) is 4.75. The molecule has 5 nitrogen and oxygen atoms in total.